The summed E-state index contributed by atoms with van der Waals surface area (Å²) < 4.78 is 0. The molecule has 2 aromatic rings. The van der Waals surface area contributed by atoms with Gasteiger partial charge in [0.25, 0.3) is 0 Å². The third-order valence-corrected chi connectivity index (χ3v) is 3.88. The van der Waals surface area contributed by atoms with Gasteiger partial charge in [-0.2, -0.15) is 0 Å². The van der Waals surface area contributed by atoms with Crippen LogP contribution < -0.4 is 16.0 Å². The molecule has 0 aliphatic heterocycles. The summed E-state index contributed by atoms with van der Waals surface area (Å²) in [6.07, 6.45) is 3.11. The number of anilines is 2. The minimum Gasteiger partial charge on any atom is -0.336 e. The molecule has 0 saturated heterocycles. The van der Waals surface area contributed by atoms with Crippen molar-refractivity contribution in [2.24, 2.45) is 0 Å². The smallest absolute Gasteiger partial charge is 0.319 e. The molecule has 2 aromatic carbocycles. The molecule has 2 rings (SSSR count). The van der Waals surface area contributed by atoms with Crippen LogP contribution in [0.4, 0.5) is 16.2 Å². The van der Waals surface area contributed by atoms with Crippen molar-refractivity contribution in [1.29, 1.82) is 0 Å². The summed E-state index contributed by atoms with van der Waals surface area (Å²) in [4.78, 5) is 24.1. The molecule has 3 N–H and O–H groups in total. The number of halogens is 1. The first-order valence-electron chi connectivity index (χ1n) is 8.27. The Hall–Kier alpha value is -2.79. The molecule has 0 atom stereocenters. The number of urea groups is 1. The van der Waals surface area contributed by atoms with Crippen molar-refractivity contribution >= 4 is 41.0 Å². The van der Waals surface area contributed by atoms with Gasteiger partial charge in [-0.05, 0) is 56.2 Å². The molecule has 0 saturated carbocycles. The van der Waals surface area contributed by atoms with Gasteiger partial charge in [-0.3, -0.25) is 4.79 Å². The Labute approximate surface area is 158 Å². The molecule has 0 radical (unpaired) electrons. The van der Waals surface area contributed by atoms with Crippen LogP contribution in [0.1, 0.15) is 25.0 Å². The van der Waals surface area contributed by atoms with Crippen LogP contribution in [0.25, 0.3) is 6.08 Å². The van der Waals surface area contributed by atoms with Gasteiger partial charge < -0.3 is 16.0 Å². The third-order valence-electron chi connectivity index (χ3n) is 3.48. The lowest BCUT2D eigenvalue weighted by Crippen LogP contribution is -2.34. The first-order chi connectivity index (χ1) is 12.3. The number of rotatable bonds is 5. The molecule has 0 heterocycles. The van der Waals surface area contributed by atoms with Gasteiger partial charge in [0.2, 0.25) is 5.91 Å². The zero-order valence-corrected chi connectivity index (χ0v) is 15.7. The van der Waals surface area contributed by atoms with Crippen LogP contribution in [0.15, 0.2) is 48.5 Å². The quantitative estimate of drug-likeness (QED) is 0.659. The predicted molar refractivity (Wildman–Crippen MR) is 108 cm³/mol. The molecule has 0 bridgehead atoms. The van der Waals surface area contributed by atoms with E-state index in [-0.39, 0.29) is 18.0 Å². The van der Waals surface area contributed by atoms with E-state index >= 15 is 0 Å². The maximum absolute atomic E-state index is 12.2. The van der Waals surface area contributed by atoms with Crippen molar-refractivity contribution in [2.75, 3.05) is 10.6 Å². The van der Waals surface area contributed by atoms with E-state index in [4.69, 9.17) is 11.6 Å². The van der Waals surface area contributed by atoms with Gasteiger partial charge in [-0.25, -0.2) is 4.79 Å². The second-order valence-electron chi connectivity index (χ2n) is 6.13. The number of nitrogens with one attached hydrogen (secondary N) is 3. The van der Waals surface area contributed by atoms with Crippen LogP contribution in [0.2, 0.25) is 5.02 Å². The lowest BCUT2D eigenvalue weighted by molar-refractivity contribution is -0.111. The zero-order chi connectivity index (χ0) is 19.1. The number of benzene rings is 2. The SMILES string of the molecule is Cc1ccc(/C=C/C(=O)Nc2ccccc2NC(=O)NC(C)C)cc1Cl. The average Bonchev–Trinajstić information content (AvgIpc) is 2.57. The summed E-state index contributed by atoms with van der Waals surface area (Å²) in [6.45, 7) is 5.66. The standard InChI is InChI=1S/C20H22ClN3O2/c1-13(2)22-20(26)24-18-7-5-4-6-17(18)23-19(25)11-10-15-9-8-14(3)16(21)12-15/h4-13H,1-3H3,(H,23,25)(H2,22,24,26)/b11-10+. The van der Waals surface area contributed by atoms with Crippen molar-refractivity contribution in [1.82, 2.24) is 5.32 Å². The number of hydrogen-bond acceptors (Lipinski definition) is 2. The zero-order valence-electron chi connectivity index (χ0n) is 15.0. The van der Waals surface area contributed by atoms with Crippen molar-refractivity contribution < 1.29 is 9.59 Å². The molecule has 0 aliphatic rings. The van der Waals surface area contributed by atoms with E-state index in [1.807, 2.05) is 32.9 Å². The van der Waals surface area contributed by atoms with E-state index in [0.29, 0.717) is 16.4 Å². The maximum atomic E-state index is 12.2. The Bertz CT molecular complexity index is 832. The molecule has 0 spiro atoms. The number of para-hydroxylation sites is 2. The molecular formula is C20H22ClN3O2. The highest BCUT2D eigenvalue weighted by Crippen LogP contribution is 2.21. The van der Waals surface area contributed by atoms with E-state index < -0.39 is 0 Å². The number of hydrogen-bond donors (Lipinski definition) is 3. The second kappa shape index (κ2) is 9.06. The topological polar surface area (TPSA) is 70.2 Å². The largest absolute Gasteiger partial charge is 0.336 e. The molecule has 26 heavy (non-hydrogen) atoms. The van der Waals surface area contributed by atoms with E-state index in [0.717, 1.165) is 11.1 Å². The summed E-state index contributed by atoms with van der Waals surface area (Å²) in [6, 6.07) is 12.3. The molecule has 3 amide bonds. The number of amides is 3. The van der Waals surface area contributed by atoms with Crippen molar-refractivity contribution in [3.63, 3.8) is 0 Å². The molecule has 5 nitrogen and oxygen atoms in total. The van der Waals surface area contributed by atoms with Gasteiger partial charge in [0.15, 0.2) is 0 Å². The van der Waals surface area contributed by atoms with E-state index in [2.05, 4.69) is 16.0 Å². The first kappa shape index (κ1) is 19.5. The fraction of sp³-hybridized carbons (Fsp3) is 0.200. The van der Waals surface area contributed by atoms with Crippen LogP contribution in [-0.2, 0) is 4.79 Å². The minimum absolute atomic E-state index is 0.0148. The van der Waals surface area contributed by atoms with Crippen molar-refractivity contribution in [3.8, 4) is 0 Å². The van der Waals surface area contributed by atoms with E-state index in [1.54, 1.807) is 36.4 Å². The molecule has 0 unspecified atom stereocenters. The number of carbonyl (C=O) groups excluding carboxylic acids is 2. The summed E-state index contributed by atoms with van der Waals surface area (Å²) in [5.41, 5.74) is 2.85. The first-order valence-corrected chi connectivity index (χ1v) is 8.64. The summed E-state index contributed by atoms with van der Waals surface area (Å²) in [7, 11) is 0. The van der Waals surface area contributed by atoms with Gasteiger partial charge in [-0.1, -0.05) is 35.9 Å². The van der Waals surface area contributed by atoms with Crippen molar-refractivity contribution in [3.05, 3.63) is 64.7 Å². The second-order valence-corrected chi connectivity index (χ2v) is 6.54. The highest BCUT2D eigenvalue weighted by molar-refractivity contribution is 6.31. The van der Waals surface area contributed by atoms with Gasteiger partial charge in [0, 0.05) is 17.1 Å². The fourth-order valence-electron chi connectivity index (χ4n) is 2.18. The molecule has 0 aromatic heterocycles. The summed E-state index contributed by atoms with van der Waals surface area (Å²) in [5, 5.41) is 8.88. The molecular weight excluding hydrogens is 350 g/mol. The van der Waals surface area contributed by atoms with Gasteiger partial charge in [-0.15, -0.1) is 0 Å². The number of aryl methyl sites for hydroxylation is 1. The lowest BCUT2D eigenvalue weighted by atomic mass is 10.1. The van der Waals surface area contributed by atoms with Crippen LogP contribution >= 0.6 is 11.6 Å². The van der Waals surface area contributed by atoms with Crippen LogP contribution in [0.3, 0.4) is 0 Å². The highest BCUT2D eigenvalue weighted by atomic mass is 35.5. The van der Waals surface area contributed by atoms with Crippen LogP contribution in [-0.4, -0.2) is 18.0 Å². The average molecular weight is 372 g/mol. The lowest BCUT2D eigenvalue weighted by Gasteiger charge is -2.13. The summed E-state index contributed by atoms with van der Waals surface area (Å²) in [5.74, 6) is -0.305. The highest BCUT2D eigenvalue weighted by Gasteiger charge is 2.08. The normalized spacial score (nSPS) is 10.8. The minimum atomic E-state index is -0.327. The van der Waals surface area contributed by atoms with Crippen LogP contribution in [0, 0.1) is 6.92 Å². The molecule has 0 fully saturated rings. The van der Waals surface area contributed by atoms with Gasteiger partial charge in [0.1, 0.15) is 0 Å². The van der Waals surface area contributed by atoms with Gasteiger partial charge >= 0.3 is 6.03 Å². The predicted octanol–water partition coefficient (Wildman–Crippen LogP) is 4.83. The monoisotopic (exact) mass is 371 g/mol. The van der Waals surface area contributed by atoms with Crippen molar-refractivity contribution in [2.45, 2.75) is 26.8 Å². The Morgan fingerprint density at radius 3 is 2.31 bits per heavy atom. The van der Waals surface area contributed by atoms with E-state index in [9.17, 15) is 9.59 Å². The van der Waals surface area contributed by atoms with Crippen LogP contribution in [0.5, 0.6) is 0 Å². The molecule has 6 heteroatoms. The molecule has 136 valence electrons. The Morgan fingerprint density at radius 2 is 1.69 bits per heavy atom. The summed E-state index contributed by atoms with van der Waals surface area (Å²) >= 11 is 6.08. The van der Waals surface area contributed by atoms with Gasteiger partial charge in [0.05, 0.1) is 11.4 Å². The third kappa shape index (κ3) is 5.93. The Balaban J connectivity index is 2.05. The fourth-order valence-corrected chi connectivity index (χ4v) is 2.37. The maximum Gasteiger partial charge on any atom is 0.319 e. The Kier molecular flexibility index (Phi) is 6.81. The van der Waals surface area contributed by atoms with E-state index in [1.165, 1.54) is 6.08 Å². The Morgan fingerprint density at radius 1 is 1.04 bits per heavy atom. The number of carbonyl (C=O) groups is 2. The molecule has 0 aliphatic carbocycles.